The predicted molar refractivity (Wildman–Crippen MR) is 302 cm³/mol. The zero-order valence-corrected chi connectivity index (χ0v) is 47.1. The van der Waals surface area contributed by atoms with Crippen LogP contribution >= 0.6 is 46.4 Å². The third-order valence-corrected chi connectivity index (χ3v) is 16.6. The molecule has 0 radical (unpaired) electrons. The number of fused-ring (bicyclic) bond motifs is 2. The Hall–Kier alpha value is -6.88. The molecule has 4 N–H and O–H groups in total. The van der Waals surface area contributed by atoms with Crippen LogP contribution in [0.2, 0.25) is 20.1 Å². The van der Waals surface area contributed by atoms with E-state index in [0.29, 0.717) is 71.4 Å². The summed E-state index contributed by atoms with van der Waals surface area (Å²) in [5.41, 5.74) is 2.35. The first kappa shape index (κ1) is 57.3. The summed E-state index contributed by atoms with van der Waals surface area (Å²) < 4.78 is 55.6. The number of likely N-dealkylation sites (tertiary alicyclic amines) is 1. The topological polar surface area (TPSA) is 238 Å². The maximum atomic E-state index is 13.9. The van der Waals surface area contributed by atoms with Gasteiger partial charge in [0, 0.05) is 79.0 Å². The molecule has 412 valence electrons. The number of halogens is 4. The molecule has 78 heavy (non-hydrogen) atoms. The number of aromatic nitrogens is 4. The Labute approximate surface area is 470 Å². The first-order chi connectivity index (χ1) is 37.2. The van der Waals surface area contributed by atoms with Gasteiger partial charge in [-0.15, -0.1) is 0 Å². The lowest BCUT2D eigenvalue weighted by Gasteiger charge is -2.28. The van der Waals surface area contributed by atoms with Crippen LogP contribution in [0, 0.1) is 0 Å². The van der Waals surface area contributed by atoms with Gasteiger partial charge in [0.25, 0.3) is 0 Å². The zero-order valence-electron chi connectivity index (χ0n) is 43.3. The summed E-state index contributed by atoms with van der Waals surface area (Å²) in [6, 6.07) is 11.8. The van der Waals surface area contributed by atoms with Crippen LogP contribution in [0.3, 0.4) is 0 Å². The second-order valence-electron chi connectivity index (χ2n) is 18.8. The van der Waals surface area contributed by atoms with E-state index in [2.05, 4.69) is 49.4 Å². The Balaban J connectivity index is 0.920. The van der Waals surface area contributed by atoms with E-state index in [1.165, 1.54) is 30.5 Å². The maximum Gasteiger partial charge on any atom is 0.410 e. The molecule has 0 saturated carbocycles. The SMILES string of the molecule is C=CC(=O)NC1CN(C(=O)OC(C)(C)CCOc2cc(OC)c(Cl)c(-c3ccc4nc(NC5CN(S(=O)(=O)CC)CC5NC(=O)C=C)ncc4c3)c2Cl)CC1Nc1ncc2cc(-c3c(Cl)c(OC)cc(OC)c3Cl)ccc2n1. The van der Waals surface area contributed by atoms with E-state index in [1.807, 2.05) is 18.2 Å². The summed E-state index contributed by atoms with van der Waals surface area (Å²) in [6.45, 7) is 12.6. The third-order valence-electron chi connectivity index (χ3n) is 13.3. The summed E-state index contributed by atoms with van der Waals surface area (Å²) >= 11 is 27.4. The third kappa shape index (κ3) is 12.5. The molecule has 4 heterocycles. The molecule has 8 rings (SSSR count). The van der Waals surface area contributed by atoms with E-state index in [4.69, 9.17) is 75.1 Å². The number of ether oxygens (including phenoxy) is 5. The number of carbonyl (C=O) groups is 3. The number of anilines is 2. The average Bonchev–Trinajstić information content (AvgIpc) is 4.06. The molecule has 2 aromatic heterocycles. The molecule has 3 amide bonds. The minimum Gasteiger partial charge on any atom is -0.495 e. The smallest absolute Gasteiger partial charge is 0.410 e. The maximum absolute atomic E-state index is 13.9. The second-order valence-corrected chi connectivity index (χ2v) is 22.6. The molecule has 2 fully saturated rings. The predicted octanol–water partition coefficient (Wildman–Crippen LogP) is 8.81. The van der Waals surface area contributed by atoms with Crippen LogP contribution in [0.1, 0.15) is 27.2 Å². The monoisotopic (exact) mass is 1160 g/mol. The lowest BCUT2D eigenvalue weighted by molar-refractivity contribution is -0.117. The van der Waals surface area contributed by atoms with Crippen LogP contribution < -0.4 is 40.2 Å². The van der Waals surface area contributed by atoms with Crippen LogP contribution in [-0.2, 0) is 24.3 Å². The summed E-state index contributed by atoms with van der Waals surface area (Å²) in [5.74, 6) is 0.891. The highest BCUT2D eigenvalue weighted by atomic mass is 35.5. The van der Waals surface area contributed by atoms with Crippen LogP contribution in [0.4, 0.5) is 16.7 Å². The van der Waals surface area contributed by atoms with Crippen molar-refractivity contribution in [3.05, 3.63) is 106 Å². The largest absolute Gasteiger partial charge is 0.495 e. The van der Waals surface area contributed by atoms with Gasteiger partial charge in [-0.1, -0.05) is 71.7 Å². The van der Waals surface area contributed by atoms with E-state index in [9.17, 15) is 22.8 Å². The van der Waals surface area contributed by atoms with Crippen LogP contribution in [-0.4, -0.2) is 145 Å². The number of sulfonamides is 1. The van der Waals surface area contributed by atoms with E-state index < -0.39 is 57.7 Å². The van der Waals surface area contributed by atoms with Crippen molar-refractivity contribution in [2.45, 2.75) is 57.0 Å². The number of benzene rings is 4. The van der Waals surface area contributed by atoms with Gasteiger partial charge in [-0.25, -0.2) is 33.1 Å². The minimum atomic E-state index is -3.53. The first-order valence-electron chi connectivity index (χ1n) is 24.4. The van der Waals surface area contributed by atoms with E-state index in [0.717, 1.165) is 12.2 Å². The standard InChI is InChI=1S/C53H56Cl4N10O10S/c1-9-42(68)60-34-24-66(25-35(34)64-50-58-22-30-18-28(12-14-32(30)62-50)44-46(54)38(73-6)20-39(74-7)47(44)55)52(70)77-53(4,5)16-17-76-41-21-40(75-8)48(56)45(49(41)57)29-13-15-33-31(19-29)23-59-51(63-33)65-37-27-67(78(71,72)11-3)26-36(37)61-43(69)10-2/h9-10,12-15,18-23,34-37H,1-2,11,16-17,24-27H2,3-8H3,(H,60,68)(H,61,69)(H,58,62,64)(H,59,63,65). The number of hydrogen-bond acceptors (Lipinski definition) is 16. The van der Waals surface area contributed by atoms with Crippen LogP contribution in [0.5, 0.6) is 23.0 Å². The second kappa shape index (κ2) is 24.0. The molecule has 6 aromatic rings. The van der Waals surface area contributed by atoms with Crippen LogP contribution in [0.15, 0.2) is 86.2 Å². The van der Waals surface area contributed by atoms with Gasteiger partial charge in [-0.3, -0.25) is 9.59 Å². The Morgan fingerprint density at radius 3 is 1.59 bits per heavy atom. The molecule has 2 aliphatic heterocycles. The number of nitrogens with one attached hydrogen (secondary N) is 4. The van der Waals surface area contributed by atoms with Gasteiger partial charge in [0.05, 0.1) is 89.0 Å². The fraction of sp³-hybridized carbons (Fsp3) is 0.340. The van der Waals surface area contributed by atoms with E-state index >= 15 is 0 Å². The molecule has 0 aliphatic carbocycles. The number of amides is 3. The Morgan fingerprint density at radius 1 is 0.679 bits per heavy atom. The molecule has 2 aliphatic rings. The quantitative estimate of drug-likeness (QED) is 0.0522. The van der Waals surface area contributed by atoms with Crippen molar-refractivity contribution < 1.29 is 46.5 Å². The zero-order chi connectivity index (χ0) is 56.2. The lowest BCUT2D eigenvalue weighted by Crippen LogP contribution is -2.45. The van der Waals surface area contributed by atoms with Crippen molar-refractivity contribution in [2.75, 3.05) is 70.5 Å². The van der Waals surface area contributed by atoms with E-state index in [1.54, 1.807) is 63.5 Å². The molecule has 0 bridgehead atoms. The molecule has 4 atom stereocenters. The highest BCUT2D eigenvalue weighted by Gasteiger charge is 2.41. The Kier molecular flexibility index (Phi) is 17.6. The van der Waals surface area contributed by atoms with Crippen molar-refractivity contribution in [1.29, 1.82) is 0 Å². The molecule has 2 saturated heterocycles. The summed E-state index contributed by atoms with van der Waals surface area (Å²) in [6.07, 6.45) is 5.14. The molecule has 25 heteroatoms. The van der Waals surface area contributed by atoms with Gasteiger partial charge in [0.2, 0.25) is 33.7 Å². The van der Waals surface area contributed by atoms with Crippen molar-refractivity contribution in [3.63, 3.8) is 0 Å². The Morgan fingerprint density at radius 2 is 1.12 bits per heavy atom. The van der Waals surface area contributed by atoms with E-state index in [-0.39, 0.29) is 72.7 Å². The number of nitrogens with zero attached hydrogens (tertiary/aromatic N) is 6. The number of hydrogen-bond donors (Lipinski definition) is 4. The van der Waals surface area contributed by atoms with Gasteiger partial charge in [-0.05, 0) is 68.3 Å². The van der Waals surface area contributed by atoms with Gasteiger partial charge >= 0.3 is 6.09 Å². The van der Waals surface area contributed by atoms with Crippen molar-refractivity contribution in [2.24, 2.45) is 0 Å². The summed E-state index contributed by atoms with van der Waals surface area (Å²) in [5, 5.41) is 14.6. The van der Waals surface area contributed by atoms with Gasteiger partial charge in [-0.2, -0.15) is 4.31 Å². The average molecular weight is 1170 g/mol. The minimum absolute atomic E-state index is 0.0592. The molecular weight excluding hydrogens is 1110 g/mol. The molecule has 4 aromatic carbocycles. The van der Waals surface area contributed by atoms with Crippen molar-refractivity contribution >= 4 is 108 Å². The fourth-order valence-electron chi connectivity index (χ4n) is 9.04. The number of rotatable bonds is 20. The van der Waals surface area contributed by atoms with Crippen LogP contribution in [0.25, 0.3) is 44.1 Å². The van der Waals surface area contributed by atoms with Gasteiger partial charge < -0.3 is 49.9 Å². The summed E-state index contributed by atoms with van der Waals surface area (Å²) in [7, 11) is 0.937. The summed E-state index contributed by atoms with van der Waals surface area (Å²) in [4.78, 5) is 58.6. The molecule has 20 nitrogen and oxygen atoms in total. The molecular formula is C53H56Cl4N10O10S. The normalized spacial score (nSPS) is 17.6. The molecule has 4 unspecified atom stereocenters. The van der Waals surface area contributed by atoms with Crippen molar-refractivity contribution in [3.8, 4) is 45.3 Å². The fourth-order valence-corrected chi connectivity index (χ4v) is 11.6. The number of methoxy groups -OCH3 is 3. The number of carbonyl (C=O) groups excluding carboxylic acids is 3. The Bertz CT molecular complexity index is 3420. The highest BCUT2D eigenvalue weighted by molar-refractivity contribution is 7.89. The lowest BCUT2D eigenvalue weighted by atomic mass is 10.0. The highest BCUT2D eigenvalue weighted by Crippen LogP contribution is 2.48. The van der Waals surface area contributed by atoms with Gasteiger partial charge in [0.15, 0.2) is 0 Å². The van der Waals surface area contributed by atoms with Gasteiger partial charge in [0.1, 0.15) is 28.6 Å². The molecule has 0 spiro atoms. The first-order valence-corrected chi connectivity index (χ1v) is 27.5. The van der Waals surface area contributed by atoms with Crippen molar-refractivity contribution in [1.82, 2.24) is 39.8 Å².